The summed E-state index contributed by atoms with van der Waals surface area (Å²) in [5, 5.41) is 0. The molecule has 0 amide bonds. The van der Waals surface area contributed by atoms with Crippen molar-refractivity contribution < 1.29 is 30.5 Å². The molecule has 0 saturated carbocycles. The van der Waals surface area contributed by atoms with Crippen LogP contribution in [0.1, 0.15) is 52.7 Å². The van der Waals surface area contributed by atoms with Crippen molar-refractivity contribution in [2.75, 3.05) is 18.0 Å². The van der Waals surface area contributed by atoms with E-state index < -0.39 is 26.9 Å². The fourth-order valence-corrected chi connectivity index (χ4v) is 6.39. The zero-order valence-electron chi connectivity index (χ0n) is 22.9. The Bertz CT molecular complexity index is 1570. The maximum absolute atomic E-state index is 11.6. The highest BCUT2D eigenvalue weighted by atomic mass is 32.2. The molecular weight excluding hydrogens is 536 g/mol. The molecule has 208 valence electrons. The Morgan fingerprint density at radius 2 is 1.72 bits per heavy atom. The number of allylic oxidation sites excluding steroid dienone is 6. The van der Waals surface area contributed by atoms with E-state index in [-0.39, 0.29) is 16.1 Å². The third kappa shape index (κ3) is 5.26. The molecule has 10 heteroatoms. The van der Waals surface area contributed by atoms with Gasteiger partial charge in [0.05, 0.1) is 10.3 Å². The molecule has 0 bridgehead atoms. The Labute approximate surface area is 233 Å². The molecule has 0 aliphatic carbocycles. The maximum Gasteiger partial charge on any atom is 0.210 e. The predicted octanol–water partition coefficient (Wildman–Crippen LogP) is 4.97. The molecule has 2 aliphatic rings. The first-order valence-electron chi connectivity index (χ1n) is 12.7. The van der Waals surface area contributed by atoms with Gasteiger partial charge >= 0.3 is 0 Å². The van der Waals surface area contributed by atoms with E-state index in [1.807, 2.05) is 51.1 Å². The largest absolute Gasteiger partial charge is 0.744 e. The summed E-state index contributed by atoms with van der Waals surface area (Å²) >= 11 is -2.64. The van der Waals surface area contributed by atoms with Gasteiger partial charge < -0.3 is 18.2 Å². The van der Waals surface area contributed by atoms with Gasteiger partial charge in [-0.15, -0.1) is 0 Å². The predicted molar refractivity (Wildman–Crippen MR) is 151 cm³/mol. The minimum Gasteiger partial charge on any atom is -0.744 e. The van der Waals surface area contributed by atoms with E-state index in [2.05, 4.69) is 36.3 Å². The molecule has 4 rings (SSSR count). The van der Waals surface area contributed by atoms with Crippen LogP contribution >= 0.6 is 0 Å². The molecule has 2 aromatic carbocycles. The van der Waals surface area contributed by atoms with Gasteiger partial charge in [0.2, 0.25) is 5.69 Å². The van der Waals surface area contributed by atoms with Crippen molar-refractivity contribution in [2.24, 2.45) is 0 Å². The third-order valence-corrected chi connectivity index (χ3v) is 8.70. The van der Waals surface area contributed by atoms with Crippen molar-refractivity contribution in [3.63, 3.8) is 0 Å². The van der Waals surface area contributed by atoms with E-state index in [4.69, 9.17) is 4.18 Å². The number of anilines is 1. The summed E-state index contributed by atoms with van der Waals surface area (Å²) in [6.07, 6.45) is 9.95. The fraction of sp³-hybridized carbons (Fsp3) is 0.345. The normalized spacial score (nSPS) is 19.8. The molecule has 0 aromatic heterocycles. The van der Waals surface area contributed by atoms with Crippen molar-refractivity contribution in [3.8, 4) is 5.75 Å². The van der Waals surface area contributed by atoms with Crippen LogP contribution in [0, 0.1) is 0 Å². The molecular formula is C29H33N2O6S2-. The van der Waals surface area contributed by atoms with Crippen LogP contribution in [0.25, 0.3) is 0 Å². The maximum atomic E-state index is 11.6. The quantitative estimate of drug-likeness (QED) is 0.191. The highest BCUT2D eigenvalue weighted by Crippen LogP contribution is 2.48. The van der Waals surface area contributed by atoms with E-state index >= 15 is 0 Å². The topological polar surface area (TPSA) is 113 Å². The molecule has 1 atom stereocenters. The van der Waals surface area contributed by atoms with E-state index in [0.29, 0.717) is 6.54 Å². The van der Waals surface area contributed by atoms with Crippen LogP contribution in [0.3, 0.4) is 0 Å². The van der Waals surface area contributed by atoms with Gasteiger partial charge in [-0.05, 0) is 69.7 Å². The number of rotatable bonds is 8. The standard InChI is InChI=1S/C29H34N2O6S2/c1-7-30-24-16-14-20(37-38(32)33)18-22(24)28(3,4)26(30)12-10-9-11-13-27-29(5,6)23-19-21(39(34,35)36)15-17-25(23)31(27)8-2/h9-19H,7-8H2,1-6H3,(H-,32,33,34,35,36)/p-1. The lowest BCUT2D eigenvalue weighted by molar-refractivity contribution is -0.433. The summed E-state index contributed by atoms with van der Waals surface area (Å²) in [4.78, 5) is 1.91. The minimum absolute atomic E-state index is 0.220. The molecule has 2 aliphatic heterocycles. The van der Waals surface area contributed by atoms with Crippen LogP contribution in [0.15, 0.2) is 77.4 Å². The summed E-state index contributed by atoms with van der Waals surface area (Å²) in [6.45, 7) is 13.8. The van der Waals surface area contributed by atoms with Crippen LogP contribution in [0.5, 0.6) is 5.75 Å². The fourth-order valence-electron chi connectivity index (χ4n) is 5.63. The van der Waals surface area contributed by atoms with Crippen molar-refractivity contribution in [1.82, 2.24) is 0 Å². The number of benzene rings is 2. The van der Waals surface area contributed by atoms with Crippen LogP contribution in [-0.4, -0.2) is 45.1 Å². The Hall–Kier alpha value is -3.05. The molecule has 0 fully saturated rings. The smallest absolute Gasteiger partial charge is 0.210 e. The Morgan fingerprint density at radius 1 is 1.00 bits per heavy atom. The molecule has 1 unspecified atom stereocenters. The van der Waals surface area contributed by atoms with E-state index in [1.165, 1.54) is 12.1 Å². The molecule has 0 N–H and O–H groups in total. The molecule has 0 radical (unpaired) electrons. The third-order valence-electron chi connectivity index (χ3n) is 7.54. The second-order valence-corrected chi connectivity index (χ2v) is 12.5. The Balaban J connectivity index is 1.62. The number of hydrogen-bond acceptors (Lipinski definition) is 7. The van der Waals surface area contributed by atoms with Gasteiger partial charge in [-0.25, -0.2) is 12.6 Å². The zero-order valence-corrected chi connectivity index (χ0v) is 24.6. The molecule has 2 aromatic rings. The second kappa shape index (κ2) is 10.5. The molecule has 2 heterocycles. The summed E-state index contributed by atoms with van der Waals surface area (Å²) in [7, 11) is -4.54. The number of nitrogens with zero attached hydrogens (tertiary/aromatic N) is 2. The molecule has 0 spiro atoms. The minimum atomic E-state index is -4.54. The van der Waals surface area contributed by atoms with Crippen LogP contribution < -0.4 is 9.08 Å². The highest BCUT2D eigenvalue weighted by Gasteiger charge is 2.44. The van der Waals surface area contributed by atoms with Gasteiger partial charge in [0.1, 0.15) is 33.8 Å². The SMILES string of the molecule is CCN1/C(=C/C=C/C=C/C2=[N+](CC)c3ccc(OS(=O)[O-])cc3C2(C)C)C(C)(C)c2cc(S(=O)(=O)[O-])ccc21. The number of fused-ring (bicyclic) bond motifs is 2. The van der Waals surface area contributed by atoms with Gasteiger partial charge in [-0.3, -0.25) is 0 Å². The first-order valence-corrected chi connectivity index (χ1v) is 15.1. The monoisotopic (exact) mass is 569 g/mol. The number of likely N-dealkylation sites (N-methyl/N-ethyl adjacent to an activating group) is 1. The summed E-state index contributed by atoms with van der Waals surface area (Å²) in [6, 6.07) is 9.88. The number of hydrogen-bond donors (Lipinski definition) is 0. The van der Waals surface area contributed by atoms with E-state index in [9.17, 15) is 21.7 Å². The van der Waals surface area contributed by atoms with Crippen LogP contribution in [0.4, 0.5) is 11.4 Å². The van der Waals surface area contributed by atoms with E-state index in [1.54, 1.807) is 18.2 Å². The van der Waals surface area contributed by atoms with Gasteiger partial charge in [-0.2, -0.15) is 4.58 Å². The second-order valence-electron chi connectivity index (χ2n) is 10.5. The highest BCUT2D eigenvalue weighted by molar-refractivity contribution is 7.85. The van der Waals surface area contributed by atoms with Gasteiger partial charge in [-0.1, -0.05) is 32.1 Å². The Kier molecular flexibility index (Phi) is 7.79. The van der Waals surface area contributed by atoms with Gasteiger partial charge in [0.25, 0.3) is 0 Å². The van der Waals surface area contributed by atoms with Crippen LogP contribution in [-0.2, 0) is 32.3 Å². The molecule has 0 saturated heterocycles. The van der Waals surface area contributed by atoms with Crippen molar-refractivity contribution >= 4 is 38.6 Å². The van der Waals surface area contributed by atoms with Crippen molar-refractivity contribution in [2.45, 2.75) is 57.3 Å². The lowest BCUT2D eigenvalue weighted by Gasteiger charge is -2.25. The first kappa shape index (κ1) is 28.9. The zero-order chi connectivity index (χ0) is 28.8. The lowest BCUT2D eigenvalue weighted by Crippen LogP contribution is -2.27. The molecule has 8 nitrogen and oxygen atoms in total. The summed E-state index contributed by atoms with van der Waals surface area (Å²) < 4.78 is 63.9. The summed E-state index contributed by atoms with van der Waals surface area (Å²) in [5.74, 6) is 0.281. The van der Waals surface area contributed by atoms with E-state index in [0.717, 1.165) is 40.5 Å². The molecule has 39 heavy (non-hydrogen) atoms. The average molecular weight is 570 g/mol. The first-order chi connectivity index (χ1) is 18.2. The van der Waals surface area contributed by atoms with Crippen molar-refractivity contribution in [1.29, 1.82) is 0 Å². The van der Waals surface area contributed by atoms with Crippen LogP contribution in [0.2, 0.25) is 0 Å². The summed E-state index contributed by atoms with van der Waals surface area (Å²) in [5.41, 5.74) is 4.93. The van der Waals surface area contributed by atoms with Gasteiger partial charge in [0.15, 0.2) is 5.71 Å². The Morgan fingerprint density at radius 3 is 2.33 bits per heavy atom. The van der Waals surface area contributed by atoms with Gasteiger partial charge in [0, 0.05) is 41.1 Å². The van der Waals surface area contributed by atoms with Crippen molar-refractivity contribution in [3.05, 3.63) is 83.6 Å². The lowest BCUT2D eigenvalue weighted by atomic mass is 9.81. The average Bonchev–Trinajstić information content (AvgIpc) is 3.20.